The van der Waals surface area contributed by atoms with Crippen LogP contribution in [-0.4, -0.2) is 61.9 Å². The van der Waals surface area contributed by atoms with Crippen molar-refractivity contribution < 1.29 is 22.9 Å². The number of hydrogen-bond donors (Lipinski definition) is 2. The summed E-state index contributed by atoms with van der Waals surface area (Å²) in [6, 6.07) is 10.3. The Hall–Kier alpha value is -2.73. The van der Waals surface area contributed by atoms with E-state index in [4.69, 9.17) is 16.3 Å². The maximum atomic E-state index is 13.2. The number of benzene rings is 2. The largest absolute Gasteiger partial charge is 0.378 e. The molecule has 10 nitrogen and oxygen atoms in total. The first-order chi connectivity index (χ1) is 15.6. The second-order valence-electron chi connectivity index (χ2n) is 7.68. The monoisotopic (exact) mass is 496 g/mol. The number of nitrogens with one attached hydrogen (secondary N) is 2. The molecule has 33 heavy (non-hydrogen) atoms. The fraction of sp³-hybridized carbons (Fsp3) is 0.381. The van der Waals surface area contributed by atoms with Gasteiger partial charge in [0.25, 0.3) is 11.6 Å². The standard InChI is InChI=1S/C21H25ClN4O6S/c1-14-12-25(13-15(2)32-14)33(30,31)20-11-16(7-8-17(20)22)21(27)24-10-9-23-18-5-3-4-6-19(18)26(28)29/h3-8,11,14-15,23H,9-10,12-13H2,1-2H3,(H,24,27)/t14-,15-/m0/s1. The molecule has 3 rings (SSSR count). The number of ether oxygens (including phenoxy) is 1. The third-order valence-corrected chi connectivity index (χ3v) is 7.34. The molecule has 0 aliphatic carbocycles. The maximum Gasteiger partial charge on any atom is 0.292 e. The summed E-state index contributed by atoms with van der Waals surface area (Å²) in [6.45, 7) is 4.36. The highest BCUT2D eigenvalue weighted by Gasteiger charge is 2.33. The number of nitro groups is 1. The van der Waals surface area contributed by atoms with Crippen molar-refractivity contribution in [3.05, 3.63) is 63.2 Å². The van der Waals surface area contributed by atoms with Crippen LogP contribution in [-0.2, 0) is 14.8 Å². The van der Waals surface area contributed by atoms with Crippen molar-refractivity contribution in [1.29, 1.82) is 0 Å². The van der Waals surface area contributed by atoms with Crippen LogP contribution in [0.1, 0.15) is 24.2 Å². The number of carbonyl (C=O) groups excluding carboxylic acids is 1. The molecule has 1 saturated heterocycles. The molecule has 1 heterocycles. The molecule has 1 amide bonds. The fourth-order valence-electron chi connectivity index (χ4n) is 3.57. The minimum absolute atomic E-state index is 0.0244. The summed E-state index contributed by atoms with van der Waals surface area (Å²) in [7, 11) is -3.92. The Morgan fingerprint density at radius 3 is 2.52 bits per heavy atom. The number of anilines is 1. The van der Waals surface area contributed by atoms with Crippen LogP contribution >= 0.6 is 11.6 Å². The highest BCUT2D eigenvalue weighted by Crippen LogP contribution is 2.28. The van der Waals surface area contributed by atoms with Crippen LogP contribution in [0, 0.1) is 10.1 Å². The van der Waals surface area contributed by atoms with E-state index in [2.05, 4.69) is 10.6 Å². The van der Waals surface area contributed by atoms with Crippen LogP contribution < -0.4 is 10.6 Å². The highest BCUT2D eigenvalue weighted by atomic mass is 35.5. The average Bonchev–Trinajstić information content (AvgIpc) is 2.76. The van der Waals surface area contributed by atoms with Gasteiger partial charge in [-0.15, -0.1) is 0 Å². The first kappa shape index (κ1) is 24.9. The van der Waals surface area contributed by atoms with Crippen LogP contribution in [0.5, 0.6) is 0 Å². The van der Waals surface area contributed by atoms with Crippen molar-refractivity contribution in [2.24, 2.45) is 0 Å². The highest BCUT2D eigenvalue weighted by molar-refractivity contribution is 7.89. The number of hydrogen-bond acceptors (Lipinski definition) is 7. The van der Waals surface area contributed by atoms with Crippen LogP contribution in [0.3, 0.4) is 0 Å². The molecule has 1 aliphatic heterocycles. The minimum Gasteiger partial charge on any atom is -0.378 e. The van der Waals surface area contributed by atoms with Gasteiger partial charge in [0.15, 0.2) is 0 Å². The van der Waals surface area contributed by atoms with E-state index in [0.29, 0.717) is 5.69 Å². The van der Waals surface area contributed by atoms with Crippen molar-refractivity contribution in [3.8, 4) is 0 Å². The Labute approximate surface area is 197 Å². The number of carbonyl (C=O) groups is 1. The smallest absolute Gasteiger partial charge is 0.292 e. The SMILES string of the molecule is C[C@H]1CN(S(=O)(=O)c2cc(C(=O)NCCNc3ccccc3[N+](=O)[O-])ccc2Cl)C[C@H](C)O1. The van der Waals surface area contributed by atoms with Gasteiger partial charge in [-0.2, -0.15) is 4.31 Å². The quantitative estimate of drug-likeness (QED) is 0.326. The van der Waals surface area contributed by atoms with E-state index >= 15 is 0 Å². The van der Waals surface area contributed by atoms with Gasteiger partial charge in [0.2, 0.25) is 10.0 Å². The number of amides is 1. The van der Waals surface area contributed by atoms with Gasteiger partial charge < -0.3 is 15.4 Å². The van der Waals surface area contributed by atoms with E-state index in [9.17, 15) is 23.3 Å². The van der Waals surface area contributed by atoms with Gasteiger partial charge in [0, 0.05) is 37.8 Å². The lowest BCUT2D eigenvalue weighted by Gasteiger charge is -2.34. The first-order valence-corrected chi connectivity index (χ1v) is 12.1. The Morgan fingerprint density at radius 2 is 1.85 bits per heavy atom. The molecule has 1 aliphatic rings. The molecule has 0 saturated carbocycles. The average molecular weight is 497 g/mol. The molecule has 0 radical (unpaired) electrons. The Balaban J connectivity index is 1.66. The van der Waals surface area contributed by atoms with Crippen molar-refractivity contribution in [1.82, 2.24) is 9.62 Å². The zero-order valence-corrected chi connectivity index (χ0v) is 19.7. The Bertz CT molecular complexity index is 1130. The Kier molecular flexibility index (Phi) is 7.90. The predicted molar refractivity (Wildman–Crippen MR) is 124 cm³/mol. The van der Waals surface area contributed by atoms with Gasteiger partial charge in [0.1, 0.15) is 10.6 Å². The number of nitro benzene ring substituents is 1. The summed E-state index contributed by atoms with van der Waals surface area (Å²) >= 11 is 6.18. The number of nitrogens with zero attached hydrogens (tertiary/aromatic N) is 2. The summed E-state index contributed by atoms with van der Waals surface area (Å²) in [4.78, 5) is 23.0. The third kappa shape index (κ3) is 5.99. The molecular weight excluding hydrogens is 472 g/mol. The van der Waals surface area contributed by atoms with Gasteiger partial charge in [-0.1, -0.05) is 23.7 Å². The number of sulfonamides is 1. The maximum absolute atomic E-state index is 13.2. The lowest BCUT2D eigenvalue weighted by molar-refractivity contribution is -0.384. The third-order valence-electron chi connectivity index (χ3n) is 5.02. The molecule has 0 spiro atoms. The number of para-hydroxylation sites is 2. The van der Waals surface area contributed by atoms with E-state index in [-0.39, 0.29) is 59.6 Å². The first-order valence-electron chi connectivity index (χ1n) is 10.3. The van der Waals surface area contributed by atoms with E-state index in [1.165, 1.54) is 28.6 Å². The lowest BCUT2D eigenvalue weighted by atomic mass is 10.2. The molecule has 0 unspecified atom stereocenters. The molecule has 2 aromatic rings. The van der Waals surface area contributed by atoms with Gasteiger partial charge in [0.05, 0.1) is 22.2 Å². The molecule has 1 fully saturated rings. The molecular formula is C21H25ClN4O6S. The normalized spacial score (nSPS) is 19.1. The van der Waals surface area contributed by atoms with E-state index < -0.39 is 20.9 Å². The van der Waals surface area contributed by atoms with Gasteiger partial charge in [-0.25, -0.2) is 8.42 Å². The van der Waals surface area contributed by atoms with Crippen molar-refractivity contribution in [3.63, 3.8) is 0 Å². The zero-order valence-electron chi connectivity index (χ0n) is 18.2. The van der Waals surface area contributed by atoms with Crippen molar-refractivity contribution in [2.45, 2.75) is 31.0 Å². The van der Waals surface area contributed by atoms with Gasteiger partial charge >= 0.3 is 0 Å². The van der Waals surface area contributed by atoms with E-state index in [1.54, 1.807) is 32.0 Å². The molecule has 2 N–H and O–H groups in total. The summed E-state index contributed by atoms with van der Waals surface area (Å²) in [6.07, 6.45) is -0.525. The minimum atomic E-state index is -3.92. The number of halogens is 1. The van der Waals surface area contributed by atoms with Crippen LogP contribution in [0.15, 0.2) is 47.4 Å². The second kappa shape index (κ2) is 10.5. The van der Waals surface area contributed by atoms with Crippen molar-refractivity contribution in [2.75, 3.05) is 31.5 Å². The summed E-state index contributed by atoms with van der Waals surface area (Å²) in [5.74, 6) is -0.490. The molecule has 2 aromatic carbocycles. The molecule has 12 heteroatoms. The molecule has 2 atom stereocenters. The summed E-state index contributed by atoms with van der Waals surface area (Å²) < 4.78 is 33.2. The van der Waals surface area contributed by atoms with Gasteiger partial charge in [-0.3, -0.25) is 14.9 Å². The van der Waals surface area contributed by atoms with Crippen LogP contribution in [0.25, 0.3) is 0 Å². The van der Waals surface area contributed by atoms with Crippen molar-refractivity contribution >= 4 is 38.9 Å². The van der Waals surface area contributed by atoms with Crippen LogP contribution in [0.4, 0.5) is 11.4 Å². The van der Waals surface area contributed by atoms with E-state index in [0.717, 1.165) is 0 Å². The number of rotatable bonds is 8. The Morgan fingerprint density at radius 1 is 1.18 bits per heavy atom. The predicted octanol–water partition coefficient (Wildman–Crippen LogP) is 2.89. The topological polar surface area (TPSA) is 131 Å². The zero-order chi connectivity index (χ0) is 24.2. The van der Waals surface area contributed by atoms with E-state index in [1.807, 2.05) is 0 Å². The number of morpholine rings is 1. The molecule has 178 valence electrons. The fourth-order valence-corrected chi connectivity index (χ4v) is 5.66. The van der Waals surface area contributed by atoms with Crippen LogP contribution in [0.2, 0.25) is 5.02 Å². The summed E-state index contributed by atoms with van der Waals surface area (Å²) in [5.41, 5.74) is 0.409. The second-order valence-corrected chi connectivity index (χ2v) is 10.00. The molecule has 0 bridgehead atoms. The van der Waals surface area contributed by atoms with Gasteiger partial charge in [-0.05, 0) is 38.1 Å². The summed E-state index contributed by atoms with van der Waals surface area (Å²) in [5, 5.41) is 16.7. The molecule has 0 aromatic heterocycles. The lowest BCUT2D eigenvalue weighted by Crippen LogP contribution is -2.48.